The summed E-state index contributed by atoms with van der Waals surface area (Å²) in [6, 6.07) is 16.2. The Labute approximate surface area is 138 Å². The number of hydrogen-bond donors (Lipinski definition) is 1. The summed E-state index contributed by atoms with van der Waals surface area (Å²) < 4.78 is 10.8. The molecule has 22 heavy (non-hydrogen) atoms. The van der Waals surface area contributed by atoms with Crippen molar-refractivity contribution in [1.29, 1.82) is 0 Å². The van der Waals surface area contributed by atoms with Gasteiger partial charge in [0.1, 0.15) is 6.61 Å². The largest absolute Gasteiger partial charge is 0.493 e. The molecule has 0 aliphatic carbocycles. The third-order valence-electron chi connectivity index (χ3n) is 3.04. The summed E-state index contributed by atoms with van der Waals surface area (Å²) in [5, 5.41) is 3.40. The predicted octanol–water partition coefficient (Wildman–Crippen LogP) is 3.42. The van der Waals surface area contributed by atoms with Gasteiger partial charge in [0.2, 0.25) is 0 Å². The van der Waals surface area contributed by atoms with Crippen LogP contribution >= 0.6 is 12.4 Å². The van der Waals surface area contributed by atoms with Gasteiger partial charge in [0.05, 0.1) is 7.11 Å². The Bertz CT molecular complexity index is 608. The number of terminal acetylenes is 1. The van der Waals surface area contributed by atoms with Gasteiger partial charge in [0, 0.05) is 13.1 Å². The minimum Gasteiger partial charge on any atom is -0.493 e. The number of methoxy groups -OCH3 is 1. The second-order valence-electron chi connectivity index (χ2n) is 4.57. The third kappa shape index (κ3) is 5.33. The zero-order valence-electron chi connectivity index (χ0n) is 12.5. The molecule has 0 unspecified atom stereocenters. The first-order chi connectivity index (χ1) is 10.3. The summed E-state index contributed by atoms with van der Waals surface area (Å²) in [5.41, 5.74) is 2.40. The van der Waals surface area contributed by atoms with Crippen molar-refractivity contribution in [2.75, 3.05) is 13.7 Å². The molecule has 0 atom stereocenters. The number of hydrogen-bond acceptors (Lipinski definition) is 3. The molecule has 116 valence electrons. The van der Waals surface area contributed by atoms with E-state index in [-0.39, 0.29) is 19.0 Å². The monoisotopic (exact) mass is 317 g/mol. The van der Waals surface area contributed by atoms with Crippen molar-refractivity contribution in [3.63, 3.8) is 0 Å². The van der Waals surface area contributed by atoms with Gasteiger partial charge in [-0.05, 0) is 23.3 Å². The van der Waals surface area contributed by atoms with Gasteiger partial charge < -0.3 is 14.8 Å². The summed E-state index contributed by atoms with van der Waals surface area (Å²) in [4.78, 5) is 0. The number of ether oxygens (including phenoxy) is 2. The van der Waals surface area contributed by atoms with E-state index in [1.807, 2.05) is 36.4 Å². The third-order valence-corrected chi connectivity index (χ3v) is 3.04. The number of benzene rings is 2. The van der Waals surface area contributed by atoms with E-state index < -0.39 is 0 Å². The Morgan fingerprint density at radius 1 is 1.00 bits per heavy atom. The van der Waals surface area contributed by atoms with E-state index in [9.17, 15) is 0 Å². The van der Waals surface area contributed by atoms with Crippen LogP contribution in [-0.4, -0.2) is 13.7 Å². The average Bonchev–Trinajstić information content (AvgIpc) is 2.54. The highest BCUT2D eigenvalue weighted by Crippen LogP contribution is 2.27. The highest BCUT2D eigenvalue weighted by atomic mass is 35.5. The zero-order chi connectivity index (χ0) is 14.9. The maximum atomic E-state index is 5.42. The first-order valence-electron chi connectivity index (χ1n) is 6.81. The van der Waals surface area contributed by atoms with E-state index in [2.05, 4.69) is 23.4 Å². The molecule has 2 aromatic rings. The van der Waals surface area contributed by atoms with Gasteiger partial charge in [-0.15, -0.1) is 18.8 Å². The molecule has 0 radical (unpaired) electrons. The number of halogens is 1. The summed E-state index contributed by atoms with van der Waals surface area (Å²) in [7, 11) is 1.62. The zero-order valence-corrected chi connectivity index (χ0v) is 13.4. The first kappa shape index (κ1) is 17.9. The molecule has 2 aromatic carbocycles. The number of nitrogens with one attached hydrogen (secondary N) is 1. The lowest BCUT2D eigenvalue weighted by molar-refractivity contribution is 0.330. The maximum absolute atomic E-state index is 5.42. The Morgan fingerprint density at radius 3 is 2.41 bits per heavy atom. The average molecular weight is 318 g/mol. The smallest absolute Gasteiger partial charge is 0.162 e. The van der Waals surface area contributed by atoms with Crippen LogP contribution in [0.4, 0.5) is 0 Å². The SMILES string of the molecule is C#CCOc1ccc(CNCc2ccccc2)cc1OC.Cl. The summed E-state index contributed by atoms with van der Waals surface area (Å²) in [5.74, 6) is 3.81. The molecule has 0 amide bonds. The van der Waals surface area contributed by atoms with E-state index in [1.54, 1.807) is 7.11 Å². The molecule has 0 spiro atoms. The molecule has 0 heterocycles. The normalized spacial score (nSPS) is 9.45. The van der Waals surface area contributed by atoms with Gasteiger partial charge in [-0.25, -0.2) is 0 Å². The van der Waals surface area contributed by atoms with Gasteiger partial charge in [-0.2, -0.15) is 0 Å². The van der Waals surface area contributed by atoms with Crippen LogP contribution in [-0.2, 0) is 13.1 Å². The van der Waals surface area contributed by atoms with Gasteiger partial charge >= 0.3 is 0 Å². The van der Waals surface area contributed by atoms with Crippen LogP contribution in [0, 0.1) is 12.3 Å². The lowest BCUT2D eigenvalue weighted by Crippen LogP contribution is -2.12. The lowest BCUT2D eigenvalue weighted by atomic mass is 10.2. The van der Waals surface area contributed by atoms with Gasteiger partial charge in [0.15, 0.2) is 11.5 Å². The predicted molar refractivity (Wildman–Crippen MR) is 91.6 cm³/mol. The second kappa shape index (κ2) is 9.73. The van der Waals surface area contributed by atoms with Crippen LogP contribution in [0.1, 0.15) is 11.1 Å². The van der Waals surface area contributed by atoms with E-state index in [4.69, 9.17) is 15.9 Å². The summed E-state index contributed by atoms with van der Waals surface area (Å²) in [6.45, 7) is 1.83. The van der Waals surface area contributed by atoms with Crippen molar-refractivity contribution in [2.24, 2.45) is 0 Å². The fourth-order valence-electron chi connectivity index (χ4n) is 2.01. The van der Waals surface area contributed by atoms with Gasteiger partial charge in [0.25, 0.3) is 0 Å². The van der Waals surface area contributed by atoms with Crippen LogP contribution in [0.15, 0.2) is 48.5 Å². The molecular formula is C18H20ClNO2. The summed E-state index contributed by atoms with van der Waals surface area (Å²) >= 11 is 0. The molecule has 4 heteroatoms. The van der Waals surface area contributed by atoms with Crippen molar-refractivity contribution < 1.29 is 9.47 Å². The molecule has 1 N–H and O–H groups in total. The molecule has 0 saturated heterocycles. The second-order valence-corrected chi connectivity index (χ2v) is 4.57. The van der Waals surface area contributed by atoms with Crippen molar-refractivity contribution in [1.82, 2.24) is 5.32 Å². The Balaban J connectivity index is 0.00000242. The maximum Gasteiger partial charge on any atom is 0.162 e. The van der Waals surface area contributed by atoms with Gasteiger partial charge in [-0.3, -0.25) is 0 Å². The number of rotatable bonds is 7. The summed E-state index contributed by atoms with van der Waals surface area (Å²) in [6.07, 6.45) is 5.19. The first-order valence-corrected chi connectivity index (χ1v) is 6.81. The fourth-order valence-corrected chi connectivity index (χ4v) is 2.01. The van der Waals surface area contributed by atoms with Crippen LogP contribution < -0.4 is 14.8 Å². The molecular weight excluding hydrogens is 298 g/mol. The molecule has 0 bridgehead atoms. The molecule has 2 rings (SSSR count). The van der Waals surface area contributed by atoms with Crippen LogP contribution in [0.3, 0.4) is 0 Å². The van der Waals surface area contributed by atoms with E-state index in [0.717, 1.165) is 18.7 Å². The standard InChI is InChI=1S/C18H19NO2.ClH/c1-3-11-21-17-10-9-16(12-18(17)20-2)14-19-13-15-7-5-4-6-8-15;/h1,4-10,12,19H,11,13-14H2,2H3;1H. The molecule has 0 saturated carbocycles. The Morgan fingerprint density at radius 2 is 1.73 bits per heavy atom. The Hall–Kier alpha value is -2.15. The minimum absolute atomic E-state index is 0. The van der Waals surface area contributed by atoms with Crippen molar-refractivity contribution >= 4 is 12.4 Å². The Kier molecular flexibility index (Phi) is 7.91. The van der Waals surface area contributed by atoms with E-state index in [1.165, 1.54) is 5.56 Å². The fraction of sp³-hybridized carbons (Fsp3) is 0.222. The van der Waals surface area contributed by atoms with Crippen molar-refractivity contribution in [3.8, 4) is 23.8 Å². The highest BCUT2D eigenvalue weighted by Gasteiger charge is 2.05. The van der Waals surface area contributed by atoms with Crippen molar-refractivity contribution in [3.05, 3.63) is 59.7 Å². The van der Waals surface area contributed by atoms with Crippen molar-refractivity contribution in [2.45, 2.75) is 13.1 Å². The van der Waals surface area contributed by atoms with E-state index >= 15 is 0 Å². The highest BCUT2D eigenvalue weighted by molar-refractivity contribution is 5.85. The molecule has 0 fully saturated rings. The van der Waals surface area contributed by atoms with Crippen LogP contribution in [0.2, 0.25) is 0 Å². The molecule has 0 aliphatic heterocycles. The van der Waals surface area contributed by atoms with Gasteiger partial charge in [-0.1, -0.05) is 42.3 Å². The lowest BCUT2D eigenvalue weighted by Gasteiger charge is -2.11. The molecule has 0 aromatic heterocycles. The molecule has 0 aliphatic rings. The topological polar surface area (TPSA) is 30.5 Å². The van der Waals surface area contributed by atoms with E-state index in [0.29, 0.717) is 11.5 Å². The quantitative estimate of drug-likeness (QED) is 0.794. The minimum atomic E-state index is 0. The molecule has 3 nitrogen and oxygen atoms in total. The van der Waals surface area contributed by atoms with Crippen LogP contribution in [0.5, 0.6) is 11.5 Å². The van der Waals surface area contributed by atoms with Crippen LogP contribution in [0.25, 0.3) is 0 Å².